The van der Waals surface area contributed by atoms with Gasteiger partial charge in [0.1, 0.15) is 12.6 Å². The van der Waals surface area contributed by atoms with Crippen LogP contribution < -0.4 is 10.6 Å². The topological polar surface area (TPSA) is 105 Å². The lowest BCUT2D eigenvalue weighted by Crippen LogP contribution is -2.54. The summed E-state index contributed by atoms with van der Waals surface area (Å²) in [5.74, 6) is -3.61. The number of benzene rings is 1. The number of hydrogen-bond donors (Lipinski definition) is 2. The van der Waals surface area contributed by atoms with Crippen LogP contribution in [0.4, 0.5) is 18.0 Å². The van der Waals surface area contributed by atoms with Gasteiger partial charge in [-0.15, -0.1) is 0 Å². The molecule has 0 aliphatic heterocycles. The predicted molar refractivity (Wildman–Crippen MR) is 132 cm³/mol. The molecule has 0 spiro atoms. The van der Waals surface area contributed by atoms with E-state index >= 15 is 0 Å². The Bertz CT molecular complexity index is 872. The summed E-state index contributed by atoms with van der Waals surface area (Å²) in [6.45, 7) is 8.11. The minimum atomic E-state index is -5.21. The summed E-state index contributed by atoms with van der Waals surface area (Å²) in [5.41, 5.74) is 0.711. The molecule has 0 aliphatic carbocycles. The van der Waals surface area contributed by atoms with Crippen molar-refractivity contribution >= 4 is 23.7 Å². The van der Waals surface area contributed by atoms with Gasteiger partial charge in [-0.2, -0.15) is 13.2 Å². The van der Waals surface area contributed by atoms with Crippen LogP contribution in [0, 0.1) is 5.92 Å². The Morgan fingerprint density at radius 1 is 0.946 bits per heavy atom. The van der Waals surface area contributed by atoms with Crippen molar-refractivity contribution in [3.8, 4) is 0 Å². The van der Waals surface area contributed by atoms with E-state index in [0.29, 0.717) is 31.5 Å². The smallest absolute Gasteiger partial charge is 0.445 e. The van der Waals surface area contributed by atoms with Crippen LogP contribution in [0.5, 0.6) is 0 Å². The van der Waals surface area contributed by atoms with Gasteiger partial charge in [-0.25, -0.2) is 4.79 Å². The molecule has 1 rings (SSSR count). The molecule has 0 unspecified atom stereocenters. The first-order valence-corrected chi connectivity index (χ1v) is 12.5. The summed E-state index contributed by atoms with van der Waals surface area (Å²) < 4.78 is 44.9. The number of rotatable bonds is 15. The first-order valence-electron chi connectivity index (χ1n) is 12.5. The van der Waals surface area contributed by atoms with Crippen molar-refractivity contribution in [2.75, 3.05) is 13.1 Å². The number of hydrogen-bond acceptors (Lipinski definition) is 5. The number of ether oxygens (including phenoxy) is 1. The number of alkyl carbamates (subject to hydrolysis) is 1. The minimum Gasteiger partial charge on any atom is -0.445 e. The van der Waals surface area contributed by atoms with Crippen molar-refractivity contribution in [3.63, 3.8) is 0 Å². The third-order valence-corrected chi connectivity index (χ3v) is 5.43. The molecular formula is C26H38F3N3O5. The largest absolute Gasteiger partial charge is 0.452 e. The molecule has 0 bridgehead atoms. The van der Waals surface area contributed by atoms with Crippen LogP contribution in [0.1, 0.15) is 65.4 Å². The highest BCUT2D eigenvalue weighted by Gasteiger charge is 2.44. The van der Waals surface area contributed by atoms with Gasteiger partial charge in [0.25, 0.3) is 5.78 Å². The van der Waals surface area contributed by atoms with Gasteiger partial charge in [0.15, 0.2) is 0 Å². The highest BCUT2D eigenvalue weighted by Crippen LogP contribution is 2.21. The zero-order valence-corrected chi connectivity index (χ0v) is 21.9. The van der Waals surface area contributed by atoms with E-state index in [2.05, 4.69) is 10.6 Å². The molecule has 1 aromatic carbocycles. The van der Waals surface area contributed by atoms with Crippen LogP contribution in [0.3, 0.4) is 0 Å². The van der Waals surface area contributed by atoms with E-state index in [4.69, 9.17) is 4.74 Å². The Kier molecular flexibility index (Phi) is 13.7. The summed E-state index contributed by atoms with van der Waals surface area (Å²) in [6.07, 6.45) is -5.53. The molecule has 0 aliphatic rings. The molecular weight excluding hydrogens is 491 g/mol. The number of nitrogens with zero attached hydrogens (tertiary/aromatic N) is 1. The average Bonchev–Trinajstić information content (AvgIpc) is 2.83. The second kappa shape index (κ2) is 15.9. The summed E-state index contributed by atoms with van der Waals surface area (Å²) in [6, 6.07) is 5.60. The molecule has 2 N–H and O–H groups in total. The normalized spacial score (nSPS) is 13.0. The Hall–Kier alpha value is -3.11. The number of ketones is 1. The van der Waals surface area contributed by atoms with E-state index in [0.717, 1.165) is 0 Å². The summed E-state index contributed by atoms with van der Waals surface area (Å²) >= 11 is 0. The first kappa shape index (κ1) is 31.9. The first-order chi connectivity index (χ1) is 17.4. The number of alkyl halides is 3. The molecule has 0 radical (unpaired) electrons. The highest BCUT2D eigenvalue weighted by molar-refractivity contribution is 5.95. The van der Waals surface area contributed by atoms with E-state index in [1.165, 1.54) is 4.90 Å². The summed E-state index contributed by atoms with van der Waals surface area (Å²) in [4.78, 5) is 51.4. The second-order valence-corrected chi connectivity index (χ2v) is 9.23. The Balaban J connectivity index is 2.92. The third kappa shape index (κ3) is 12.1. The van der Waals surface area contributed by atoms with Crippen LogP contribution in [-0.2, 0) is 25.7 Å². The molecule has 0 saturated heterocycles. The Labute approximate surface area is 216 Å². The zero-order valence-electron chi connectivity index (χ0n) is 21.9. The standard InChI is InChI=1S/C26H38F3N3O5/c1-5-14-32(15-6-2)22(33)13-12-20(23(34)26(27,28)29)30-24(35)21(16-18(3)4)31-25(36)37-17-19-10-8-7-9-11-19/h7-11,18,20-21H,5-6,12-17H2,1-4H3,(H,30,35)(H,31,36)/t20-,21-/m0/s1. The molecule has 2 atom stereocenters. The van der Waals surface area contributed by atoms with E-state index < -0.39 is 42.5 Å². The van der Waals surface area contributed by atoms with Crippen LogP contribution in [0.2, 0.25) is 0 Å². The SMILES string of the molecule is CCCN(CCC)C(=O)CC[C@H](NC(=O)[C@H](CC(C)C)NC(=O)OCc1ccccc1)C(=O)C(F)(F)F. The van der Waals surface area contributed by atoms with Gasteiger partial charge < -0.3 is 20.3 Å². The molecule has 1 aromatic rings. The number of carbonyl (C=O) groups is 4. The van der Waals surface area contributed by atoms with Crippen molar-refractivity contribution in [2.24, 2.45) is 5.92 Å². The maximum absolute atomic E-state index is 13.3. The summed E-state index contributed by atoms with van der Waals surface area (Å²) in [5, 5.41) is 4.49. The Morgan fingerprint density at radius 3 is 2.05 bits per heavy atom. The highest BCUT2D eigenvalue weighted by atomic mass is 19.4. The van der Waals surface area contributed by atoms with E-state index in [1.807, 2.05) is 13.8 Å². The molecule has 208 valence electrons. The number of carbonyl (C=O) groups excluding carboxylic acids is 4. The second-order valence-electron chi connectivity index (χ2n) is 9.23. The number of Topliss-reactive ketones (excluding diaryl/α,β-unsaturated/α-hetero) is 1. The number of nitrogens with one attached hydrogen (secondary N) is 2. The fourth-order valence-corrected chi connectivity index (χ4v) is 3.68. The van der Waals surface area contributed by atoms with Crippen molar-refractivity contribution in [3.05, 3.63) is 35.9 Å². The van der Waals surface area contributed by atoms with Crippen LogP contribution in [-0.4, -0.2) is 59.9 Å². The molecule has 0 heterocycles. The maximum atomic E-state index is 13.3. The van der Waals surface area contributed by atoms with Crippen LogP contribution in [0.15, 0.2) is 30.3 Å². The van der Waals surface area contributed by atoms with Crippen molar-refractivity contribution < 1.29 is 37.1 Å². The number of amides is 3. The van der Waals surface area contributed by atoms with Crippen molar-refractivity contribution in [2.45, 2.75) is 84.7 Å². The zero-order chi connectivity index (χ0) is 28.0. The molecule has 0 saturated carbocycles. The van der Waals surface area contributed by atoms with Gasteiger partial charge in [-0.3, -0.25) is 14.4 Å². The monoisotopic (exact) mass is 529 g/mol. The third-order valence-electron chi connectivity index (χ3n) is 5.43. The predicted octanol–water partition coefficient (Wildman–Crippen LogP) is 4.37. The molecule has 37 heavy (non-hydrogen) atoms. The van der Waals surface area contributed by atoms with Crippen LogP contribution in [0.25, 0.3) is 0 Å². The van der Waals surface area contributed by atoms with Gasteiger partial charge in [0, 0.05) is 19.5 Å². The van der Waals surface area contributed by atoms with Crippen molar-refractivity contribution in [1.29, 1.82) is 0 Å². The van der Waals surface area contributed by atoms with Gasteiger partial charge in [0.2, 0.25) is 11.8 Å². The maximum Gasteiger partial charge on any atom is 0.452 e. The fourth-order valence-electron chi connectivity index (χ4n) is 3.68. The lowest BCUT2D eigenvalue weighted by atomic mass is 10.0. The lowest BCUT2D eigenvalue weighted by molar-refractivity contribution is -0.174. The molecule has 0 fully saturated rings. The Morgan fingerprint density at radius 2 is 1.54 bits per heavy atom. The molecule has 3 amide bonds. The lowest BCUT2D eigenvalue weighted by Gasteiger charge is -2.25. The number of halogens is 3. The van der Waals surface area contributed by atoms with Gasteiger partial charge >= 0.3 is 12.3 Å². The van der Waals surface area contributed by atoms with Gasteiger partial charge in [-0.05, 0) is 37.2 Å². The van der Waals surface area contributed by atoms with E-state index in [1.54, 1.807) is 44.2 Å². The molecule has 11 heteroatoms. The van der Waals surface area contributed by atoms with E-state index in [9.17, 15) is 32.3 Å². The van der Waals surface area contributed by atoms with Gasteiger partial charge in [0.05, 0.1) is 6.04 Å². The average molecular weight is 530 g/mol. The van der Waals surface area contributed by atoms with Gasteiger partial charge in [-0.1, -0.05) is 58.0 Å². The fraction of sp³-hybridized carbons (Fsp3) is 0.615. The van der Waals surface area contributed by atoms with Crippen molar-refractivity contribution in [1.82, 2.24) is 15.5 Å². The van der Waals surface area contributed by atoms with E-state index in [-0.39, 0.29) is 31.3 Å². The minimum absolute atomic E-state index is 0.0635. The van der Waals surface area contributed by atoms with Crippen LogP contribution >= 0.6 is 0 Å². The molecule has 8 nitrogen and oxygen atoms in total. The quantitative estimate of drug-likeness (QED) is 0.351. The summed E-state index contributed by atoms with van der Waals surface area (Å²) in [7, 11) is 0. The molecule has 0 aromatic heterocycles.